The van der Waals surface area contributed by atoms with Gasteiger partial charge in [0.1, 0.15) is 17.7 Å². The molecule has 0 aliphatic carbocycles. The summed E-state index contributed by atoms with van der Waals surface area (Å²) in [6.07, 6.45) is -2.47. The monoisotopic (exact) mass is 314 g/mol. The highest BCUT2D eigenvalue weighted by Crippen LogP contribution is 2.21. The quantitative estimate of drug-likeness (QED) is 0.864. The van der Waals surface area contributed by atoms with E-state index >= 15 is 0 Å². The highest BCUT2D eigenvalue weighted by Gasteiger charge is 2.26. The van der Waals surface area contributed by atoms with E-state index < -0.39 is 29.8 Å². The van der Waals surface area contributed by atoms with E-state index in [-0.39, 0.29) is 5.56 Å². The molecule has 2 N–H and O–H groups in total. The molecular formula is C14H17ClNO5-. The molecule has 2 atom stereocenters. The van der Waals surface area contributed by atoms with Gasteiger partial charge in [0.25, 0.3) is 0 Å². The zero-order chi connectivity index (χ0) is 16.2. The molecule has 0 saturated carbocycles. The third-order valence-electron chi connectivity index (χ3n) is 2.43. The molecule has 21 heavy (non-hydrogen) atoms. The van der Waals surface area contributed by atoms with Crippen molar-refractivity contribution >= 4 is 23.7 Å². The molecular weight excluding hydrogens is 298 g/mol. The van der Waals surface area contributed by atoms with Gasteiger partial charge in [-0.2, -0.15) is 0 Å². The molecule has 0 spiro atoms. The molecule has 1 amide bonds. The number of alkyl carbamates (subject to hydrolysis) is 1. The molecule has 0 unspecified atom stereocenters. The summed E-state index contributed by atoms with van der Waals surface area (Å²) in [5.74, 6) is -1.63. The fraction of sp³-hybridized carbons (Fsp3) is 0.429. The lowest BCUT2D eigenvalue weighted by atomic mass is 10.0. The Morgan fingerprint density at radius 1 is 1.38 bits per heavy atom. The normalized spacial score (nSPS) is 14.1. The van der Waals surface area contributed by atoms with Crippen LogP contribution in [0.2, 0.25) is 5.02 Å². The van der Waals surface area contributed by atoms with E-state index in [1.54, 1.807) is 32.9 Å². The van der Waals surface area contributed by atoms with Crippen molar-refractivity contribution < 1.29 is 24.5 Å². The predicted octanol–water partition coefficient (Wildman–Crippen LogP) is 1.02. The van der Waals surface area contributed by atoms with Gasteiger partial charge < -0.3 is 25.1 Å². The van der Waals surface area contributed by atoms with E-state index in [1.165, 1.54) is 12.1 Å². The van der Waals surface area contributed by atoms with E-state index in [0.29, 0.717) is 5.02 Å². The first-order valence-electron chi connectivity index (χ1n) is 6.24. The molecule has 1 aromatic carbocycles. The summed E-state index contributed by atoms with van der Waals surface area (Å²) in [4.78, 5) is 22.7. The van der Waals surface area contributed by atoms with Gasteiger partial charge in [-0.05, 0) is 38.5 Å². The second-order valence-electron chi connectivity index (χ2n) is 5.44. The average Bonchev–Trinajstić information content (AvgIpc) is 2.32. The number of carboxylic acid groups (broad SMARTS) is 1. The first kappa shape index (κ1) is 17.3. The van der Waals surface area contributed by atoms with Crippen molar-refractivity contribution in [3.8, 4) is 0 Å². The number of carbonyl (C=O) groups excluding carboxylic acids is 2. The maximum atomic E-state index is 11.6. The van der Waals surface area contributed by atoms with Gasteiger partial charge in [-0.15, -0.1) is 0 Å². The SMILES string of the molecule is CC(C)(C)OC(=O)N[C@H](C(=O)[O-])[C@H](O)c1cccc(Cl)c1. The smallest absolute Gasteiger partial charge is 0.408 e. The molecule has 1 aromatic rings. The van der Waals surface area contributed by atoms with Gasteiger partial charge in [0.15, 0.2) is 0 Å². The summed E-state index contributed by atoms with van der Waals surface area (Å²) in [6, 6.07) is 4.37. The number of rotatable bonds is 4. The Morgan fingerprint density at radius 2 is 2.00 bits per heavy atom. The van der Waals surface area contributed by atoms with E-state index in [2.05, 4.69) is 5.32 Å². The van der Waals surface area contributed by atoms with Crippen LogP contribution in [-0.4, -0.2) is 28.8 Å². The lowest BCUT2D eigenvalue weighted by Crippen LogP contribution is -2.52. The molecule has 1 rings (SSSR count). The number of nitrogens with one attached hydrogen (secondary N) is 1. The minimum absolute atomic E-state index is 0.243. The molecule has 0 fully saturated rings. The summed E-state index contributed by atoms with van der Waals surface area (Å²) in [6.45, 7) is 4.90. The lowest BCUT2D eigenvalue weighted by Gasteiger charge is -2.27. The molecule has 116 valence electrons. The number of hydrogen-bond donors (Lipinski definition) is 2. The summed E-state index contributed by atoms with van der Waals surface area (Å²) >= 11 is 5.78. The number of amides is 1. The van der Waals surface area contributed by atoms with Gasteiger partial charge in [0.05, 0.1) is 5.97 Å². The molecule has 0 aromatic heterocycles. The fourth-order valence-electron chi connectivity index (χ4n) is 1.58. The largest absolute Gasteiger partial charge is 0.548 e. The summed E-state index contributed by atoms with van der Waals surface area (Å²) in [5.41, 5.74) is -0.547. The van der Waals surface area contributed by atoms with Gasteiger partial charge in [0.2, 0.25) is 0 Å². The van der Waals surface area contributed by atoms with E-state index in [4.69, 9.17) is 16.3 Å². The van der Waals surface area contributed by atoms with Crippen molar-refractivity contribution in [3.63, 3.8) is 0 Å². The molecule has 0 saturated heterocycles. The predicted molar refractivity (Wildman–Crippen MR) is 74.6 cm³/mol. The number of benzene rings is 1. The van der Waals surface area contributed by atoms with Crippen molar-refractivity contribution in [1.29, 1.82) is 0 Å². The van der Waals surface area contributed by atoms with Gasteiger partial charge in [-0.25, -0.2) is 4.79 Å². The highest BCUT2D eigenvalue weighted by molar-refractivity contribution is 6.30. The molecule has 6 nitrogen and oxygen atoms in total. The Hall–Kier alpha value is -1.79. The summed E-state index contributed by atoms with van der Waals surface area (Å²) in [5, 5.41) is 23.6. The zero-order valence-corrected chi connectivity index (χ0v) is 12.7. The van der Waals surface area contributed by atoms with E-state index in [0.717, 1.165) is 0 Å². The van der Waals surface area contributed by atoms with E-state index in [9.17, 15) is 19.8 Å². The highest BCUT2D eigenvalue weighted by atomic mass is 35.5. The second kappa shape index (κ2) is 6.78. The van der Waals surface area contributed by atoms with Gasteiger partial charge in [-0.1, -0.05) is 23.7 Å². The number of halogens is 1. The fourth-order valence-corrected chi connectivity index (χ4v) is 1.78. The minimum Gasteiger partial charge on any atom is -0.548 e. The Labute approximate surface area is 127 Å². The van der Waals surface area contributed by atoms with Gasteiger partial charge in [0, 0.05) is 5.02 Å². The average molecular weight is 315 g/mol. The number of aliphatic carboxylic acids is 1. The molecule has 0 heterocycles. The number of carbonyl (C=O) groups is 2. The van der Waals surface area contributed by atoms with Crippen molar-refractivity contribution in [1.82, 2.24) is 5.32 Å². The van der Waals surface area contributed by atoms with Crippen LogP contribution in [0, 0.1) is 0 Å². The molecule has 7 heteroatoms. The number of carboxylic acids is 1. The van der Waals surface area contributed by atoms with Crippen LogP contribution in [0.1, 0.15) is 32.4 Å². The van der Waals surface area contributed by atoms with Crippen LogP contribution in [-0.2, 0) is 9.53 Å². The Kier molecular flexibility index (Phi) is 5.57. The van der Waals surface area contributed by atoms with Crippen LogP contribution in [0.25, 0.3) is 0 Å². The third kappa shape index (κ3) is 5.61. The van der Waals surface area contributed by atoms with Crippen LogP contribution in [0.4, 0.5) is 4.79 Å². The number of ether oxygens (including phenoxy) is 1. The third-order valence-corrected chi connectivity index (χ3v) is 2.67. The summed E-state index contributed by atoms with van der Waals surface area (Å²) in [7, 11) is 0. The molecule has 0 aliphatic heterocycles. The second-order valence-corrected chi connectivity index (χ2v) is 5.88. The van der Waals surface area contributed by atoms with Crippen LogP contribution in [0.15, 0.2) is 24.3 Å². The van der Waals surface area contributed by atoms with Crippen molar-refractivity contribution in [3.05, 3.63) is 34.9 Å². The first-order valence-corrected chi connectivity index (χ1v) is 6.62. The first-order chi connectivity index (χ1) is 9.60. The van der Waals surface area contributed by atoms with Crippen LogP contribution >= 0.6 is 11.6 Å². The number of aliphatic hydroxyl groups is 1. The standard InChI is InChI=1S/C14H18ClNO5/c1-14(2,3)21-13(20)16-10(12(18)19)11(17)8-5-4-6-9(15)7-8/h4-7,10-11,17H,1-3H3,(H,16,20)(H,18,19)/p-1/t10-,11+/m0/s1. The molecule has 0 bridgehead atoms. The van der Waals surface area contributed by atoms with Crippen LogP contribution in [0.5, 0.6) is 0 Å². The topological polar surface area (TPSA) is 98.7 Å². The summed E-state index contributed by atoms with van der Waals surface area (Å²) < 4.78 is 4.95. The maximum Gasteiger partial charge on any atom is 0.408 e. The van der Waals surface area contributed by atoms with Gasteiger partial charge in [-0.3, -0.25) is 0 Å². The van der Waals surface area contributed by atoms with Crippen LogP contribution < -0.4 is 10.4 Å². The lowest BCUT2D eigenvalue weighted by molar-refractivity contribution is -0.310. The van der Waals surface area contributed by atoms with Crippen molar-refractivity contribution in [2.45, 2.75) is 38.5 Å². The zero-order valence-electron chi connectivity index (χ0n) is 11.9. The number of hydrogen-bond acceptors (Lipinski definition) is 5. The minimum atomic E-state index is -1.65. The Bertz CT molecular complexity index is 526. The maximum absolute atomic E-state index is 11.6. The van der Waals surface area contributed by atoms with E-state index in [1.807, 2.05) is 0 Å². The molecule has 0 radical (unpaired) electrons. The molecule has 0 aliphatic rings. The number of aliphatic hydroxyl groups excluding tert-OH is 1. The Morgan fingerprint density at radius 3 is 2.48 bits per heavy atom. The van der Waals surface area contributed by atoms with Crippen molar-refractivity contribution in [2.24, 2.45) is 0 Å². The Balaban J connectivity index is 2.87. The van der Waals surface area contributed by atoms with Crippen molar-refractivity contribution in [2.75, 3.05) is 0 Å². The van der Waals surface area contributed by atoms with Crippen LogP contribution in [0.3, 0.4) is 0 Å². The van der Waals surface area contributed by atoms with Gasteiger partial charge >= 0.3 is 6.09 Å².